The Morgan fingerprint density at radius 3 is 1.47 bits per heavy atom. The van der Waals surface area contributed by atoms with Gasteiger partial charge in [-0.3, -0.25) is 19.2 Å². The Bertz CT molecular complexity index is 4170. The molecule has 362 valence electrons. The molecule has 0 spiro atoms. The molecule has 0 fully saturated rings. The molecule has 0 unspecified atom stereocenters. The molecule has 0 atom stereocenters. The lowest BCUT2D eigenvalue weighted by Crippen LogP contribution is -2.40. The van der Waals surface area contributed by atoms with E-state index in [4.69, 9.17) is 0 Å². The highest BCUT2D eigenvalue weighted by atomic mass is 16.2. The first kappa shape index (κ1) is 46.2. The first-order valence-corrected chi connectivity index (χ1v) is 25.8. The minimum atomic E-state index is -0.365. The van der Waals surface area contributed by atoms with Gasteiger partial charge in [0.05, 0.1) is 11.4 Å². The molecule has 76 heavy (non-hydrogen) atoms. The van der Waals surface area contributed by atoms with Crippen LogP contribution in [-0.4, -0.2) is 23.6 Å². The molecule has 0 bridgehead atoms. The Balaban J connectivity index is 0.753. The molecule has 0 N–H and O–H groups in total. The maximum absolute atomic E-state index is 14.2. The summed E-state index contributed by atoms with van der Waals surface area (Å²) in [5.74, 6) is 12.7. The standard InChI is InChI=1S/C70H48N2O4/c1-41-42(2)58(36-28-50-30-38-64-66-60(50)16-10-18-62(66)68(74)72(70(64)76)56-33-25-48(26-34-56)54-22-20-52(40-54)46-13-7-8-14-46)44(4)43(3)57(41)35-27-49-29-37-63-65-59(49)15-9-17-61(65)67(73)71(69(63)75)55-31-23-47(24-32-55)53-21-19-51(39-53)45-11-5-6-12-45/h5-7,9-18,20-26,29-34,37-39,45H,8,19,40H2,1-4H3. The number of allylic oxidation sites excluding steroid dienone is 16. The highest BCUT2D eigenvalue weighted by Gasteiger charge is 2.36. The molecule has 7 aromatic carbocycles. The zero-order valence-electron chi connectivity index (χ0n) is 42.5. The quantitative estimate of drug-likeness (QED) is 0.123. The van der Waals surface area contributed by atoms with E-state index in [1.54, 1.807) is 24.3 Å². The van der Waals surface area contributed by atoms with Crippen LogP contribution in [0.25, 0.3) is 32.7 Å². The SMILES string of the molecule is Cc1c(C)c(C#Cc2ccc3c4c(cccc24)C(=O)N(c2ccc(C4=CC=C(C5=CCC=C5)C4)cc2)C3=O)c(C)c(C)c1C#Cc1ccc2c3c(cccc13)C(=O)N(c1ccc(C3=CCC(C4C=CC=C4)=C3)cc1)C2=O. The lowest BCUT2D eigenvalue weighted by molar-refractivity contribution is 0.0877. The van der Waals surface area contributed by atoms with E-state index in [-0.39, 0.29) is 23.6 Å². The molecule has 7 aromatic rings. The Hall–Kier alpha value is -9.62. The molecule has 4 aliphatic carbocycles. The van der Waals surface area contributed by atoms with Gasteiger partial charge in [0.2, 0.25) is 0 Å². The summed E-state index contributed by atoms with van der Waals surface area (Å²) in [4.78, 5) is 59.5. The van der Waals surface area contributed by atoms with Crippen molar-refractivity contribution >= 4 is 67.7 Å². The first-order chi connectivity index (χ1) is 37.0. The van der Waals surface area contributed by atoms with Crippen molar-refractivity contribution in [2.45, 2.75) is 47.0 Å². The lowest BCUT2D eigenvalue weighted by Gasteiger charge is -2.27. The zero-order chi connectivity index (χ0) is 51.9. The third kappa shape index (κ3) is 7.44. The van der Waals surface area contributed by atoms with Crippen molar-refractivity contribution < 1.29 is 19.2 Å². The van der Waals surface area contributed by atoms with Crippen LogP contribution in [0.3, 0.4) is 0 Å². The van der Waals surface area contributed by atoms with Crippen LogP contribution < -0.4 is 9.80 Å². The molecule has 4 amide bonds. The Morgan fingerprint density at radius 2 is 0.974 bits per heavy atom. The lowest BCUT2D eigenvalue weighted by atomic mass is 9.88. The third-order valence-electron chi connectivity index (χ3n) is 16.1. The fourth-order valence-electron chi connectivity index (χ4n) is 11.7. The number of carbonyl (C=O) groups excluding carboxylic acids is 4. The van der Waals surface area contributed by atoms with E-state index < -0.39 is 0 Å². The molecule has 2 heterocycles. The minimum Gasteiger partial charge on any atom is -0.268 e. The predicted molar refractivity (Wildman–Crippen MR) is 305 cm³/mol. The molecule has 6 nitrogen and oxygen atoms in total. The second-order valence-corrected chi connectivity index (χ2v) is 20.2. The van der Waals surface area contributed by atoms with Gasteiger partial charge >= 0.3 is 0 Å². The van der Waals surface area contributed by atoms with Crippen LogP contribution >= 0.6 is 0 Å². The van der Waals surface area contributed by atoms with E-state index in [9.17, 15) is 19.2 Å². The molecule has 13 rings (SSSR count). The number of anilines is 2. The molecular formula is C70H48N2O4. The van der Waals surface area contributed by atoms with Gasteiger partial charge in [0.25, 0.3) is 23.6 Å². The van der Waals surface area contributed by atoms with Crippen LogP contribution in [0.5, 0.6) is 0 Å². The van der Waals surface area contributed by atoms with Gasteiger partial charge < -0.3 is 0 Å². The summed E-state index contributed by atoms with van der Waals surface area (Å²) < 4.78 is 0. The maximum Gasteiger partial charge on any atom is 0.265 e. The van der Waals surface area contributed by atoms with Gasteiger partial charge in [0.15, 0.2) is 0 Å². The predicted octanol–water partition coefficient (Wildman–Crippen LogP) is 14.7. The van der Waals surface area contributed by atoms with Crippen molar-refractivity contribution in [1.82, 2.24) is 0 Å². The number of hydrogen-bond donors (Lipinski definition) is 0. The highest BCUT2D eigenvalue weighted by Crippen LogP contribution is 2.40. The smallest absolute Gasteiger partial charge is 0.265 e. The van der Waals surface area contributed by atoms with Crippen molar-refractivity contribution in [3.05, 3.63) is 271 Å². The van der Waals surface area contributed by atoms with Crippen molar-refractivity contribution in [2.24, 2.45) is 5.92 Å². The normalized spacial score (nSPS) is 16.3. The number of carbonyl (C=O) groups is 4. The molecule has 0 radical (unpaired) electrons. The number of benzene rings is 7. The average molecular weight is 981 g/mol. The van der Waals surface area contributed by atoms with Crippen molar-refractivity contribution in [2.75, 3.05) is 9.80 Å². The summed E-state index contributed by atoms with van der Waals surface area (Å²) >= 11 is 0. The number of nitrogens with zero attached hydrogens (tertiary/aromatic N) is 2. The van der Waals surface area contributed by atoms with Crippen molar-refractivity contribution in [1.29, 1.82) is 0 Å². The monoisotopic (exact) mass is 980 g/mol. The highest BCUT2D eigenvalue weighted by molar-refractivity contribution is 6.37. The number of rotatable bonds is 6. The Morgan fingerprint density at radius 1 is 0.487 bits per heavy atom. The fraction of sp³-hybridized carbons (Fsp3) is 0.114. The molecule has 0 saturated carbocycles. The second kappa shape index (κ2) is 18.1. The van der Waals surface area contributed by atoms with Crippen molar-refractivity contribution in [3.63, 3.8) is 0 Å². The van der Waals surface area contributed by atoms with Crippen LogP contribution in [0.2, 0.25) is 0 Å². The van der Waals surface area contributed by atoms with Gasteiger partial charge in [0, 0.05) is 61.2 Å². The summed E-state index contributed by atoms with van der Waals surface area (Å²) in [5, 5.41) is 2.72. The fourth-order valence-corrected chi connectivity index (χ4v) is 11.7. The van der Waals surface area contributed by atoms with Gasteiger partial charge in [0.1, 0.15) is 0 Å². The van der Waals surface area contributed by atoms with E-state index >= 15 is 0 Å². The number of amides is 4. The molecule has 0 saturated heterocycles. The van der Waals surface area contributed by atoms with Gasteiger partial charge in [-0.25, -0.2) is 9.80 Å². The van der Waals surface area contributed by atoms with Crippen LogP contribution in [0, 0.1) is 57.3 Å². The largest absolute Gasteiger partial charge is 0.268 e. The number of hydrogen-bond acceptors (Lipinski definition) is 4. The molecular weight excluding hydrogens is 933 g/mol. The summed E-state index contributed by atoms with van der Waals surface area (Å²) in [6.45, 7) is 8.23. The third-order valence-corrected chi connectivity index (χ3v) is 16.1. The summed E-state index contributed by atoms with van der Waals surface area (Å²) in [6, 6.07) is 33.9. The van der Waals surface area contributed by atoms with Crippen LogP contribution in [0.15, 0.2) is 193 Å². The van der Waals surface area contributed by atoms with Crippen molar-refractivity contribution in [3.8, 4) is 23.7 Å². The Kier molecular flexibility index (Phi) is 11.0. The first-order valence-electron chi connectivity index (χ1n) is 25.8. The minimum absolute atomic E-state index is 0.331. The maximum atomic E-state index is 14.2. The summed E-state index contributed by atoms with van der Waals surface area (Å²) in [5.41, 5.74) is 18.5. The molecule has 0 aromatic heterocycles. The van der Waals surface area contributed by atoms with Gasteiger partial charge in [-0.1, -0.05) is 145 Å². The van der Waals surface area contributed by atoms with E-state index in [2.05, 4.69) is 118 Å². The molecule has 6 heteroatoms. The summed E-state index contributed by atoms with van der Waals surface area (Å²) in [7, 11) is 0. The molecule has 2 aliphatic heterocycles. The topological polar surface area (TPSA) is 74.8 Å². The van der Waals surface area contributed by atoms with E-state index in [0.29, 0.717) is 50.3 Å². The average Bonchev–Trinajstić information content (AvgIpc) is 4.33. The summed E-state index contributed by atoms with van der Waals surface area (Å²) in [6.07, 6.45) is 26.6. The Labute approximate surface area is 441 Å². The van der Waals surface area contributed by atoms with Gasteiger partial charge in [-0.05, 0) is 174 Å². The molecule has 6 aliphatic rings. The van der Waals surface area contributed by atoms with E-state index in [0.717, 1.165) is 91.2 Å². The van der Waals surface area contributed by atoms with Crippen LogP contribution in [0.1, 0.15) is 116 Å². The second-order valence-electron chi connectivity index (χ2n) is 20.2. The van der Waals surface area contributed by atoms with E-state index in [1.807, 2.05) is 84.9 Å². The zero-order valence-corrected chi connectivity index (χ0v) is 42.5. The van der Waals surface area contributed by atoms with Gasteiger partial charge in [-0.15, -0.1) is 0 Å². The van der Waals surface area contributed by atoms with Crippen LogP contribution in [-0.2, 0) is 0 Å². The number of imide groups is 2. The van der Waals surface area contributed by atoms with Crippen LogP contribution in [0.4, 0.5) is 11.4 Å². The van der Waals surface area contributed by atoms with Gasteiger partial charge in [-0.2, -0.15) is 0 Å². The van der Waals surface area contributed by atoms with E-state index in [1.165, 1.54) is 32.1 Å².